The Morgan fingerprint density at radius 3 is 2.78 bits per heavy atom. The molecule has 1 atom stereocenters. The highest BCUT2D eigenvalue weighted by atomic mass is 127. The van der Waals surface area contributed by atoms with Crippen molar-refractivity contribution in [3.05, 3.63) is 35.4 Å². The third-order valence-corrected chi connectivity index (χ3v) is 3.94. The minimum absolute atomic E-state index is 0. The van der Waals surface area contributed by atoms with Crippen molar-refractivity contribution in [2.24, 2.45) is 4.99 Å². The first-order chi connectivity index (χ1) is 10.6. The van der Waals surface area contributed by atoms with Crippen LogP contribution in [0.5, 0.6) is 0 Å². The Balaban J connectivity index is 0.00000264. The summed E-state index contributed by atoms with van der Waals surface area (Å²) in [5.74, 6) is -0.250. The Morgan fingerprint density at radius 2 is 2.13 bits per heavy atom. The molecule has 0 amide bonds. The molecule has 1 fully saturated rings. The first kappa shape index (κ1) is 20.1. The summed E-state index contributed by atoms with van der Waals surface area (Å²) in [6.45, 7) is 4.72. The van der Waals surface area contributed by atoms with E-state index in [1.165, 1.54) is 18.9 Å². The van der Waals surface area contributed by atoms with Gasteiger partial charge in [-0.25, -0.2) is 13.8 Å². The zero-order valence-electron chi connectivity index (χ0n) is 13.6. The number of aliphatic imine (C=N–C) groups is 1. The van der Waals surface area contributed by atoms with Gasteiger partial charge in [0, 0.05) is 24.7 Å². The smallest absolute Gasteiger partial charge is 0.191 e. The van der Waals surface area contributed by atoms with Crippen LogP contribution in [0.15, 0.2) is 23.2 Å². The molecule has 1 aromatic carbocycles. The molecule has 1 heterocycles. The third-order valence-electron chi connectivity index (χ3n) is 3.94. The molecule has 0 bridgehead atoms. The number of rotatable bonds is 5. The van der Waals surface area contributed by atoms with Crippen LogP contribution in [0.3, 0.4) is 0 Å². The van der Waals surface area contributed by atoms with Crippen molar-refractivity contribution in [3.8, 4) is 0 Å². The summed E-state index contributed by atoms with van der Waals surface area (Å²) in [5.41, 5.74) is 0.259. The number of guanidine groups is 1. The molecule has 4 nitrogen and oxygen atoms in total. The number of hydrogen-bond donors (Lipinski definition) is 2. The highest BCUT2D eigenvalue weighted by Gasteiger charge is 2.20. The Bertz CT molecular complexity index is 525. The van der Waals surface area contributed by atoms with Gasteiger partial charge in [-0.3, -0.25) is 0 Å². The fraction of sp³-hybridized carbons (Fsp3) is 0.562. The number of likely N-dealkylation sites (tertiary alicyclic amines) is 1. The molecule has 0 radical (unpaired) electrons. The topological polar surface area (TPSA) is 39.7 Å². The van der Waals surface area contributed by atoms with Crippen molar-refractivity contribution in [3.63, 3.8) is 0 Å². The quantitative estimate of drug-likeness (QED) is 0.422. The van der Waals surface area contributed by atoms with Crippen molar-refractivity contribution in [2.75, 3.05) is 26.7 Å². The van der Waals surface area contributed by atoms with E-state index in [1.54, 1.807) is 0 Å². The van der Waals surface area contributed by atoms with Gasteiger partial charge in [0.1, 0.15) is 11.6 Å². The van der Waals surface area contributed by atoms with E-state index in [4.69, 9.17) is 0 Å². The molecule has 0 spiro atoms. The van der Waals surface area contributed by atoms with E-state index in [1.807, 2.05) is 6.92 Å². The average molecular weight is 438 g/mol. The van der Waals surface area contributed by atoms with Crippen molar-refractivity contribution < 1.29 is 8.78 Å². The first-order valence-corrected chi connectivity index (χ1v) is 7.76. The van der Waals surface area contributed by atoms with Gasteiger partial charge in [0.15, 0.2) is 5.96 Å². The highest BCUT2D eigenvalue weighted by Crippen LogP contribution is 2.13. The summed E-state index contributed by atoms with van der Waals surface area (Å²) in [7, 11) is 2.12. The first-order valence-electron chi connectivity index (χ1n) is 7.76. The van der Waals surface area contributed by atoms with Crippen LogP contribution in [0, 0.1) is 11.6 Å². The number of nitrogens with zero attached hydrogens (tertiary/aromatic N) is 2. The van der Waals surface area contributed by atoms with E-state index < -0.39 is 11.6 Å². The molecule has 1 aliphatic heterocycles. The Kier molecular flexibility index (Phi) is 8.75. The van der Waals surface area contributed by atoms with Crippen LogP contribution in [-0.4, -0.2) is 43.6 Å². The zero-order valence-corrected chi connectivity index (χ0v) is 15.9. The molecule has 1 aliphatic rings. The normalized spacial score (nSPS) is 18.6. The standard InChI is InChI=1S/C16H24F2N4.HI/c1-3-19-16(21-11-14-5-4-8-22(14)2)20-10-12-9-13(17)6-7-15(12)18;/h6-7,9,14H,3-5,8,10-11H2,1-2H3,(H2,19,20,21);1H. The van der Waals surface area contributed by atoms with Gasteiger partial charge in [-0.15, -0.1) is 24.0 Å². The molecule has 2 N–H and O–H groups in total. The largest absolute Gasteiger partial charge is 0.357 e. The molecule has 0 aromatic heterocycles. The van der Waals surface area contributed by atoms with Crippen LogP contribution in [0.4, 0.5) is 8.78 Å². The van der Waals surface area contributed by atoms with Gasteiger partial charge in [-0.1, -0.05) is 0 Å². The van der Waals surface area contributed by atoms with Crippen molar-refractivity contribution in [1.29, 1.82) is 0 Å². The van der Waals surface area contributed by atoms with Crippen LogP contribution in [-0.2, 0) is 6.54 Å². The zero-order chi connectivity index (χ0) is 15.9. The second-order valence-electron chi connectivity index (χ2n) is 5.59. The van der Waals surface area contributed by atoms with Crippen molar-refractivity contribution >= 4 is 29.9 Å². The van der Waals surface area contributed by atoms with Gasteiger partial charge in [-0.2, -0.15) is 0 Å². The summed E-state index contributed by atoms with van der Waals surface area (Å²) in [5, 5.41) is 6.41. The molecular weight excluding hydrogens is 413 g/mol. The summed E-state index contributed by atoms with van der Waals surface area (Å²) in [4.78, 5) is 6.66. The van der Waals surface area contributed by atoms with E-state index >= 15 is 0 Å². The summed E-state index contributed by atoms with van der Waals surface area (Å²) in [6.07, 6.45) is 2.38. The van der Waals surface area contributed by atoms with Gasteiger partial charge in [0.05, 0.1) is 6.54 Å². The van der Waals surface area contributed by atoms with E-state index in [0.717, 1.165) is 31.8 Å². The van der Waals surface area contributed by atoms with Crippen LogP contribution < -0.4 is 10.6 Å². The second-order valence-corrected chi connectivity index (χ2v) is 5.59. The molecule has 1 saturated heterocycles. The highest BCUT2D eigenvalue weighted by molar-refractivity contribution is 14.0. The Hall–Kier alpha value is -0.960. The van der Waals surface area contributed by atoms with Crippen molar-refractivity contribution in [1.82, 2.24) is 15.5 Å². The molecule has 0 saturated carbocycles. The predicted octanol–water partition coefficient (Wildman–Crippen LogP) is 2.73. The summed E-state index contributed by atoms with van der Waals surface area (Å²) in [6, 6.07) is 3.93. The van der Waals surface area contributed by atoms with Crippen LogP contribution in [0.25, 0.3) is 0 Å². The van der Waals surface area contributed by atoms with Crippen LogP contribution in [0.1, 0.15) is 25.3 Å². The maximum Gasteiger partial charge on any atom is 0.191 e. The maximum absolute atomic E-state index is 13.6. The number of nitrogens with one attached hydrogen (secondary N) is 2. The Labute approximate surface area is 153 Å². The lowest BCUT2D eigenvalue weighted by Crippen LogP contribution is -2.44. The monoisotopic (exact) mass is 438 g/mol. The predicted molar refractivity (Wildman–Crippen MR) is 100 cm³/mol. The third kappa shape index (κ3) is 6.21. The number of halogens is 3. The maximum atomic E-state index is 13.6. The van der Waals surface area contributed by atoms with Crippen LogP contribution >= 0.6 is 24.0 Å². The van der Waals surface area contributed by atoms with E-state index in [9.17, 15) is 8.78 Å². The van der Waals surface area contributed by atoms with E-state index in [2.05, 4.69) is 27.6 Å². The average Bonchev–Trinajstić information content (AvgIpc) is 2.90. The lowest BCUT2D eigenvalue weighted by Gasteiger charge is -2.21. The molecule has 0 aliphatic carbocycles. The van der Waals surface area contributed by atoms with Crippen LogP contribution in [0.2, 0.25) is 0 Å². The molecule has 23 heavy (non-hydrogen) atoms. The molecule has 1 aromatic rings. The van der Waals surface area contributed by atoms with Gasteiger partial charge >= 0.3 is 0 Å². The van der Waals surface area contributed by atoms with E-state index in [-0.39, 0.29) is 36.1 Å². The number of benzene rings is 1. The number of likely N-dealkylation sites (N-methyl/N-ethyl adjacent to an activating group) is 1. The summed E-state index contributed by atoms with van der Waals surface area (Å²) < 4.78 is 26.8. The van der Waals surface area contributed by atoms with Gasteiger partial charge in [0.2, 0.25) is 0 Å². The van der Waals surface area contributed by atoms with Gasteiger partial charge in [0.25, 0.3) is 0 Å². The van der Waals surface area contributed by atoms with Crippen molar-refractivity contribution in [2.45, 2.75) is 32.4 Å². The Morgan fingerprint density at radius 1 is 1.35 bits per heavy atom. The molecule has 130 valence electrons. The fourth-order valence-electron chi connectivity index (χ4n) is 2.62. The number of hydrogen-bond acceptors (Lipinski definition) is 2. The minimum Gasteiger partial charge on any atom is -0.357 e. The summed E-state index contributed by atoms with van der Waals surface area (Å²) >= 11 is 0. The molecule has 2 rings (SSSR count). The lowest BCUT2D eigenvalue weighted by atomic mass is 10.2. The second kappa shape index (κ2) is 10.0. The lowest BCUT2D eigenvalue weighted by molar-refractivity contribution is 0.309. The van der Waals surface area contributed by atoms with Gasteiger partial charge in [-0.05, 0) is 51.6 Å². The molecular formula is C16H25F2IN4. The van der Waals surface area contributed by atoms with Gasteiger partial charge < -0.3 is 15.5 Å². The molecule has 7 heteroatoms. The SMILES string of the molecule is CCNC(=NCc1cc(F)ccc1F)NCC1CCCN1C.I. The fourth-order valence-corrected chi connectivity index (χ4v) is 2.62. The molecule has 1 unspecified atom stereocenters. The minimum atomic E-state index is -0.447. The van der Waals surface area contributed by atoms with E-state index in [0.29, 0.717) is 12.0 Å².